The molecule has 1 atom stereocenters. The molecule has 1 amide bonds. The van der Waals surface area contributed by atoms with Crippen LogP contribution in [0.3, 0.4) is 0 Å². The molecule has 0 aliphatic carbocycles. The van der Waals surface area contributed by atoms with Crippen molar-refractivity contribution in [3.63, 3.8) is 0 Å². The second kappa shape index (κ2) is 5.96. The number of nitrogen functional groups attached to an aromatic ring is 1. The van der Waals surface area contributed by atoms with Crippen LogP contribution < -0.4 is 25.3 Å². The lowest BCUT2D eigenvalue weighted by Gasteiger charge is -2.24. The summed E-state index contributed by atoms with van der Waals surface area (Å²) < 4.78 is 16.2. The zero-order valence-corrected chi connectivity index (χ0v) is 13.8. The fourth-order valence-corrected chi connectivity index (χ4v) is 3.62. The van der Waals surface area contributed by atoms with Gasteiger partial charge in [-0.1, -0.05) is 11.3 Å². The van der Waals surface area contributed by atoms with Crippen LogP contribution in [-0.2, 0) is 4.79 Å². The number of nitrogens with two attached hydrogens (primary N) is 1. The number of carbonyl (C=O) groups excluding carboxylic acids is 1. The fourth-order valence-electron chi connectivity index (χ4n) is 2.71. The summed E-state index contributed by atoms with van der Waals surface area (Å²) in [5.74, 6) is 1.99. The first kappa shape index (κ1) is 15.4. The second-order valence-corrected chi connectivity index (χ2v) is 6.08. The monoisotopic (exact) mass is 335 g/mol. The Morgan fingerprint density at radius 1 is 1.17 bits per heavy atom. The number of aromatic nitrogens is 1. The third kappa shape index (κ3) is 2.65. The summed E-state index contributed by atoms with van der Waals surface area (Å²) in [7, 11) is 4.71. The minimum atomic E-state index is -0.191. The Bertz CT molecular complexity index is 759. The number of carbonyl (C=O) groups is 1. The van der Waals surface area contributed by atoms with Crippen molar-refractivity contribution in [3.05, 3.63) is 22.6 Å². The summed E-state index contributed by atoms with van der Waals surface area (Å²) in [4.78, 5) is 17.1. The maximum absolute atomic E-state index is 12.0. The number of methoxy groups -OCH3 is 3. The van der Waals surface area contributed by atoms with Crippen molar-refractivity contribution in [2.75, 3.05) is 32.4 Å². The van der Waals surface area contributed by atoms with Crippen molar-refractivity contribution in [2.45, 2.75) is 12.3 Å². The Morgan fingerprint density at radius 2 is 1.83 bits per heavy atom. The van der Waals surface area contributed by atoms with Crippen LogP contribution in [-0.4, -0.2) is 32.2 Å². The first-order chi connectivity index (χ1) is 11.1. The summed E-state index contributed by atoms with van der Waals surface area (Å²) in [6.45, 7) is 0. The topological polar surface area (TPSA) is 95.7 Å². The van der Waals surface area contributed by atoms with Gasteiger partial charge in [-0.05, 0) is 6.07 Å². The van der Waals surface area contributed by atoms with Crippen molar-refractivity contribution in [1.82, 2.24) is 4.98 Å². The Morgan fingerprint density at radius 3 is 2.48 bits per heavy atom. The molecule has 2 aromatic rings. The summed E-state index contributed by atoms with van der Waals surface area (Å²) in [5, 5.41) is 3.17. The lowest BCUT2D eigenvalue weighted by molar-refractivity contribution is -0.116. The van der Waals surface area contributed by atoms with E-state index in [-0.39, 0.29) is 11.8 Å². The molecule has 122 valence electrons. The van der Waals surface area contributed by atoms with E-state index in [1.807, 2.05) is 6.07 Å². The number of nitrogens with one attached hydrogen (secondary N) is 1. The van der Waals surface area contributed by atoms with Gasteiger partial charge >= 0.3 is 0 Å². The highest BCUT2D eigenvalue weighted by Crippen LogP contribution is 2.47. The van der Waals surface area contributed by atoms with Crippen molar-refractivity contribution < 1.29 is 19.0 Å². The zero-order chi connectivity index (χ0) is 16.6. The van der Waals surface area contributed by atoms with Crippen LogP contribution in [0.1, 0.15) is 22.8 Å². The number of fused-ring (bicyclic) bond motifs is 1. The first-order valence-electron chi connectivity index (χ1n) is 6.93. The van der Waals surface area contributed by atoms with Crippen molar-refractivity contribution >= 4 is 28.2 Å². The Kier molecular flexibility index (Phi) is 3.99. The molecule has 8 heteroatoms. The van der Waals surface area contributed by atoms with Gasteiger partial charge in [0.1, 0.15) is 11.6 Å². The Hall–Kier alpha value is -2.48. The van der Waals surface area contributed by atoms with E-state index in [4.69, 9.17) is 19.9 Å². The molecule has 3 rings (SSSR count). The van der Waals surface area contributed by atoms with Gasteiger partial charge in [0.05, 0.1) is 26.2 Å². The summed E-state index contributed by atoms with van der Waals surface area (Å²) in [6, 6.07) is 3.59. The number of amides is 1. The maximum Gasteiger partial charge on any atom is 0.226 e. The average molecular weight is 335 g/mol. The number of benzene rings is 1. The summed E-state index contributed by atoms with van der Waals surface area (Å²) in [5.41, 5.74) is 6.63. The first-order valence-corrected chi connectivity index (χ1v) is 7.75. The van der Waals surface area contributed by atoms with Gasteiger partial charge in [0.15, 0.2) is 16.6 Å². The van der Waals surface area contributed by atoms with Crippen molar-refractivity contribution in [2.24, 2.45) is 0 Å². The normalized spacial score (nSPS) is 16.5. The number of rotatable bonds is 4. The molecular weight excluding hydrogens is 318 g/mol. The SMILES string of the molecule is COc1cc(OC)c(C2CC(=O)Nc3nc(N)sc32)cc1OC. The molecule has 1 unspecified atom stereocenters. The molecule has 3 N–H and O–H groups in total. The number of hydrogen-bond donors (Lipinski definition) is 2. The highest BCUT2D eigenvalue weighted by atomic mass is 32.1. The number of hydrogen-bond acceptors (Lipinski definition) is 7. The van der Waals surface area contributed by atoms with Gasteiger partial charge in [-0.2, -0.15) is 0 Å². The van der Waals surface area contributed by atoms with Crippen LogP contribution >= 0.6 is 11.3 Å². The van der Waals surface area contributed by atoms with Gasteiger partial charge in [0, 0.05) is 24.0 Å². The number of thiazole rings is 1. The van der Waals surface area contributed by atoms with E-state index in [9.17, 15) is 4.79 Å². The Balaban J connectivity index is 2.16. The van der Waals surface area contributed by atoms with E-state index in [0.29, 0.717) is 34.6 Å². The second-order valence-electron chi connectivity index (χ2n) is 5.02. The highest BCUT2D eigenvalue weighted by Gasteiger charge is 2.32. The molecule has 2 heterocycles. The molecular formula is C15H17N3O4S. The van der Waals surface area contributed by atoms with E-state index < -0.39 is 0 Å². The number of anilines is 2. The van der Waals surface area contributed by atoms with E-state index in [2.05, 4.69) is 10.3 Å². The lowest BCUT2D eigenvalue weighted by Crippen LogP contribution is -2.23. The quantitative estimate of drug-likeness (QED) is 0.889. The molecule has 0 spiro atoms. The zero-order valence-electron chi connectivity index (χ0n) is 13.0. The number of ether oxygens (including phenoxy) is 3. The van der Waals surface area contributed by atoms with Crippen LogP contribution in [0.5, 0.6) is 17.2 Å². The molecule has 7 nitrogen and oxygen atoms in total. The van der Waals surface area contributed by atoms with Gasteiger partial charge < -0.3 is 25.3 Å². The summed E-state index contributed by atoms with van der Waals surface area (Å²) >= 11 is 1.36. The minimum absolute atomic E-state index is 0.107. The van der Waals surface area contributed by atoms with E-state index >= 15 is 0 Å². The molecule has 1 aromatic heterocycles. The van der Waals surface area contributed by atoms with Crippen LogP contribution in [0.2, 0.25) is 0 Å². The third-order valence-electron chi connectivity index (χ3n) is 3.75. The van der Waals surface area contributed by atoms with E-state index in [0.717, 1.165) is 10.4 Å². The molecule has 1 aromatic carbocycles. The molecule has 0 bridgehead atoms. The van der Waals surface area contributed by atoms with Crippen molar-refractivity contribution in [3.8, 4) is 17.2 Å². The van der Waals surface area contributed by atoms with Crippen LogP contribution in [0, 0.1) is 0 Å². The number of nitrogens with zero attached hydrogens (tertiary/aromatic N) is 1. The predicted molar refractivity (Wildman–Crippen MR) is 87.7 cm³/mol. The summed E-state index contributed by atoms with van der Waals surface area (Å²) in [6.07, 6.45) is 0.292. The molecule has 0 saturated heterocycles. The largest absolute Gasteiger partial charge is 0.496 e. The predicted octanol–water partition coefficient (Wildman–Crippen LogP) is 2.23. The average Bonchev–Trinajstić information content (AvgIpc) is 2.92. The van der Waals surface area contributed by atoms with Crippen LogP contribution in [0.4, 0.5) is 10.9 Å². The van der Waals surface area contributed by atoms with Crippen LogP contribution in [0.15, 0.2) is 12.1 Å². The molecule has 0 radical (unpaired) electrons. The third-order valence-corrected chi connectivity index (χ3v) is 4.74. The van der Waals surface area contributed by atoms with Gasteiger partial charge in [-0.25, -0.2) is 4.98 Å². The van der Waals surface area contributed by atoms with Crippen LogP contribution in [0.25, 0.3) is 0 Å². The minimum Gasteiger partial charge on any atom is -0.496 e. The van der Waals surface area contributed by atoms with Gasteiger partial charge in [-0.3, -0.25) is 4.79 Å². The maximum atomic E-state index is 12.0. The smallest absolute Gasteiger partial charge is 0.226 e. The molecule has 0 saturated carbocycles. The van der Waals surface area contributed by atoms with Crippen molar-refractivity contribution in [1.29, 1.82) is 0 Å². The molecule has 23 heavy (non-hydrogen) atoms. The molecule has 0 fully saturated rings. The Labute approximate surface area is 137 Å². The van der Waals surface area contributed by atoms with Gasteiger partial charge in [0.25, 0.3) is 0 Å². The van der Waals surface area contributed by atoms with Gasteiger partial charge in [0.2, 0.25) is 5.91 Å². The molecule has 1 aliphatic heterocycles. The molecule has 1 aliphatic rings. The fraction of sp³-hybridized carbons (Fsp3) is 0.333. The van der Waals surface area contributed by atoms with E-state index in [1.165, 1.54) is 11.3 Å². The standard InChI is InChI=1S/C15H17N3O4S/c1-20-9-6-11(22-3)10(21-2)4-7(9)8-5-12(19)17-14-13(8)23-15(16)18-14/h4,6,8H,5H2,1-3H3,(H2,16,18)(H,17,19). The highest BCUT2D eigenvalue weighted by molar-refractivity contribution is 7.16. The van der Waals surface area contributed by atoms with Gasteiger partial charge in [-0.15, -0.1) is 0 Å². The lowest BCUT2D eigenvalue weighted by atomic mass is 9.90. The van der Waals surface area contributed by atoms with E-state index in [1.54, 1.807) is 27.4 Å².